The van der Waals surface area contributed by atoms with E-state index in [1.807, 2.05) is 18.3 Å². The van der Waals surface area contributed by atoms with Gasteiger partial charge in [0.25, 0.3) is 0 Å². The number of thioether (sulfide) groups is 1. The molecule has 4 nitrogen and oxygen atoms in total. The summed E-state index contributed by atoms with van der Waals surface area (Å²) in [5.74, 6) is 2.20. The summed E-state index contributed by atoms with van der Waals surface area (Å²) in [4.78, 5) is 9.16. The zero-order valence-electron chi connectivity index (χ0n) is 14.0. The molecule has 2 heterocycles. The van der Waals surface area contributed by atoms with Crippen LogP contribution in [0.5, 0.6) is 0 Å². The highest BCUT2D eigenvalue weighted by Gasteiger charge is 2.15. The van der Waals surface area contributed by atoms with Gasteiger partial charge in [-0.15, -0.1) is 24.0 Å². The Kier molecular flexibility index (Phi) is 8.11. The number of pyridine rings is 1. The number of aliphatic imine (C=N–C) groups is 1. The Balaban J connectivity index is 0.00000208. The van der Waals surface area contributed by atoms with Crippen molar-refractivity contribution in [3.05, 3.63) is 42.1 Å². The normalized spacial score (nSPS) is 17.5. The van der Waals surface area contributed by atoms with E-state index in [0.717, 1.165) is 29.8 Å². The number of halogens is 1. The molecule has 130 valence electrons. The number of nitrogens with one attached hydrogen (secondary N) is 2. The Morgan fingerprint density at radius 2 is 2.17 bits per heavy atom. The summed E-state index contributed by atoms with van der Waals surface area (Å²) in [6.45, 7) is 4.63. The molecule has 0 bridgehead atoms. The van der Waals surface area contributed by atoms with Gasteiger partial charge in [0.05, 0.1) is 12.1 Å². The Labute approximate surface area is 165 Å². The van der Waals surface area contributed by atoms with Gasteiger partial charge < -0.3 is 10.6 Å². The quantitative estimate of drug-likeness (QED) is 0.408. The smallest absolute Gasteiger partial charge is 0.191 e. The highest BCUT2D eigenvalue weighted by molar-refractivity contribution is 14.0. The second kappa shape index (κ2) is 10.1. The third-order valence-electron chi connectivity index (χ3n) is 4.01. The van der Waals surface area contributed by atoms with Crippen LogP contribution in [0.15, 0.2) is 41.5 Å². The molecule has 6 heteroatoms. The van der Waals surface area contributed by atoms with Crippen LogP contribution in [0.2, 0.25) is 0 Å². The van der Waals surface area contributed by atoms with Gasteiger partial charge in [-0.05, 0) is 43.2 Å². The van der Waals surface area contributed by atoms with Crippen molar-refractivity contribution >= 4 is 52.6 Å². The van der Waals surface area contributed by atoms with Crippen LogP contribution >= 0.6 is 35.7 Å². The molecular formula is C18H25IN4S. The molecule has 2 N–H and O–H groups in total. The zero-order chi connectivity index (χ0) is 15.9. The van der Waals surface area contributed by atoms with Crippen LogP contribution in [0.1, 0.15) is 25.3 Å². The lowest BCUT2D eigenvalue weighted by Crippen LogP contribution is -2.40. The molecule has 0 aliphatic carbocycles. The Hall–Kier alpha value is -1.02. The third kappa shape index (κ3) is 5.24. The molecule has 1 saturated heterocycles. The summed E-state index contributed by atoms with van der Waals surface area (Å²) >= 11 is 2.07. The number of aromatic nitrogens is 1. The van der Waals surface area contributed by atoms with Crippen molar-refractivity contribution in [1.29, 1.82) is 0 Å². The van der Waals surface area contributed by atoms with Crippen molar-refractivity contribution in [2.24, 2.45) is 4.99 Å². The van der Waals surface area contributed by atoms with E-state index in [-0.39, 0.29) is 24.0 Å². The largest absolute Gasteiger partial charge is 0.357 e. The molecule has 1 atom stereocenters. The lowest BCUT2D eigenvalue weighted by molar-refractivity contribution is 0.727. The average Bonchev–Trinajstić information content (AvgIpc) is 3.11. The topological polar surface area (TPSA) is 49.3 Å². The zero-order valence-corrected chi connectivity index (χ0v) is 17.1. The van der Waals surface area contributed by atoms with Gasteiger partial charge in [0.2, 0.25) is 0 Å². The fraction of sp³-hybridized carbons (Fsp3) is 0.444. The summed E-state index contributed by atoms with van der Waals surface area (Å²) in [7, 11) is 0. The fourth-order valence-corrected chi connectivity index (χ4v) is 4.02. The summed E-state index contributed by atoms with van der Waals surface area (Å²) in [6.07, 6.45) is 4.52. The molecule has 0 radical (unpaired) electrons. The monoisotopic (exact) mass is 456 g/mol. The number of nitrogens with zero attached hydrogens (tertiary/aromatic N) is 2. The summed E-state index contributed by atoms with van der Waals surface area (Å²) in [6, 6.07) is 10.3. The van der Waals surface area contributed by atoms with Crippen LogP contribution in [0.4, 0.5) is 0 Å². The van der Waals surface area contributed by atoms with Crippen molar-refractivity contribution in [3.8, 4) is 0 Å². The molecule has 0 amide bonds. The maximum atomic E-state index is 4.75. The Morgan fingerprint density at radius 3 is 2.96 bits per heavy atom. The van der Waals surface area contributed by atoms with E-state index in [1.54, 1.807) is 0 Å². The number of fused-ring (bicyclic) bond motifs is 1. The van der Waals surface area contributed by atoms with Gasteiger partial charge in [-0.25, -0.2) is 4.99 Å². The summed E-state index contributed by atoms with van der Waals surface area (Å²) in [5, 5.41) is 8.73. The van der Waals surface area contributed by atoms with Gasteiger partial charge in [-0.2, -0.15) is 11.8 Å². The van der Waals surface area contributed by atoms with Crippen molar-refractivity contribution < 1.29 is 0 Å². The second-order valence-electron chi connectivity index (χ2n) is 5.70. The van der Waals surface area contributed by atoms with Crippen molar-refractivity contribution in [3.63, 3.8) is 0 Å². The second-order valence-corrected chi connectivity index (χ2v) is 7.11. The predicted molar refractivity (Wildman–Crippen MR) is 115 cm³/mol. The Morgan fingerprint density at radius 1 is 1.29 bits per heavy atom. The molecule has 0 spiro atoms. The van der Waals surface area contributed by atoms with E-state index < -0.39 is 0 Å². The molecule has 3 rings (SSSR count). The van der Waals surface area contributed by atoms with Crippen LogP contribution in [-0.4, -0.2) is 35.0 Å². The van der Waals surface area contributed by atoms with Crippen LogP contribution in [0.3, 0.4) is 0 Å². The van der Waals surface area contributed by atoms with Crippen LogP contribution in [-0.2, 0) is 6.54 Å². The minimum absolute atomic E-state index is 0. The van der Waals surface area contributed by atoms with E-state index in [2.05, 4.69) is 52.5 Å². The third-order valence-corrected chi connectivity index (χ3v) is 5.41. The van der Waals surface area contributed by atoms with Gasteiger partial charge in [0, 0.05) is 29.9 Å². The van der Waals surface area contributed by atoms with Gasteiger partial charge in [-0.1, -0.05) is 18.2 Å². The first kappa shape index (κ1) is 19.3. The minimum Gasteiger partial charge on any atom is -0.357 e. The van der Waals surface area contributed by atoms with Crippen LogP contribution in [0.25, 0.3) is 10.9 Å². The van der Waals surface area contributed by atoms with E-state index in [4.69, 9.17) is 4.99 Å². The number of para-hydroxylation sites is 1. The van der Waals surface area contributed by atoms with Gasteiger partial charge in [0.15, 0.2) is 5.96 Å². The molecule has 1 unspecified atom stereocenters. The van der Waals surface area contributed by atoms with E-state index in [9.17, 15) is 0 Å². The molecular weight excluding hydrogens is 431 g/mol. The van der Waals surface area contributed by atoms with Crippen LogP contribution in [0, 0.1) is 0 Å². The van der Waals surface area contributed by atoms with E-state index in [1.165, 1.54) is 29.5 Å². The predicted octanol–water partition coefficient (Wildman–Crippen LogP) is 3.80. The molecule has 1 aliphatic rings. The summed E-state index contributed by atoms with van der Waals surface area (Å²) < 4.78 is 0. The van der Waals surface area contributed by atoms with Gasteiger partial charge in [0.1, 0.15) is 0 Å². The highest BCUT2D eigenvalue weighted by atomic mass is 127. The number of rotatable bonds is 5. The average molecular weight is 456 g/mol. The number of guanidine groups is 1. The van der Waals surface area contributed by atoms with Gasteiger partial charge >= 0.3 is 0 Å². The molecule has 0 saturated carbocycles. The van der Waals surface area contributed by atoms with E-state index in [0.29, 0.717) is 6.54 Å². The number of hydrogen-bond donors (Lipinski definition) is 2. The first-order valence-electron chi connectivity index (χ1n) is 8.33. The standard InChI is InChI=1S/C18H24N4S.HI/c1-2-19-18(22-13-15-6-5-11-23-15)21-12-14-9-10-20-17-8-4-3-7-16(14)17;/h3-4,7-10,15H,2,5-6,11-13H2,1H3,(H2,19,21,22);1H. The lowest BCUT2D eigenvalue weighted by atomic mass is 10.1. The molecule has 1 aliphatic heterocycles. The number of benzene rings is 1. The van der Waals surface area contributed by atoms with Crippen molar-refractivity contribution in [1.82, 2.24) is 15.6 Å². The maximum absolute atomic E-state index is 4.75. The van der Waals surface area contributed by atoms with E-state index >= 15 is 0 Å². The number of hydrogen-bond acceptors (Lipinski definition) is 3. The highest BCUT2D eigenvalue weighted by Crippen LogP contribution is 2.25. The molecule has 2 aromatic rings. The van der Waals surface area contributed by atoms with Crippen molar-refractivity contribution in [2.45, 2.75) is 31.6 Å². The molecule has 1 aromatic heterocycles. The summed E-state index contributed by atoms with van der Waals surface area (Å²) in [5.41, 5.74) is 2.24. The Bertz CT molecular complexity index is 666. The van der Waals surface area contributed by atoms with Crippen molar-refractivity contribution in [2.75, 3.05) is 18.8 Å². The lowest BCUT2D eigenvalue weighted by Gasteiger charge is -2.14. The molecule has 24 heavy (non-hydrogen) atoms. The van der Waals surface area contributed by atoms with Crippen LogP contribution < -0.4 is 10.6 Å². The molecule has 1 aromatic carbocycles. The van der Waals surface area contributed by atoms with Gasteiger partial charge in [-0.3, -0.25) is 4.98 Å². The molecule has 1 fully saturated rings. The fourth-order valence-electron chi connectivity index (χ4n) is 2.81. The first-order valence-corrected chi connectivity index (χ1v) is 9.38. The minimum atomic E-state index is 0. The SMILES string of the molecule is CCNC(=NCc1ccnc2ccccc12)NCC1CCCS1.I. The maximum Gasteiger partial charge on any atom is 0.191 e. The first-order chi connectivity index (χ1) is 11.4.